The maximum Gasteiger partial charge on any atom is 0.165 e. The van der Waals surface area contributed by atoms with Crippen LogP contribution in [0.4, 0.5) is 4.39 Å². The highest BCUT2D eigenvalue weighted by molar-refractivity contribution is 5.38. The molecule has 0 radical (unpaired) electrons. The Bertz CT molecular complexity index is 566. The number of aryl methyl sites for hydroxylation is 1. The zero-order valence-corrected chi connectivity index (χ0v) is 11.8. The predicted molar refractivity (Wildman–Crippen MR) is 76.3 cm³/mol. The fraction of sp³-hybridized carbons (Fsp3) is 0.400. The predicted octanol–water partition coefficient (Wildman–Crippen LogP) is 3.11. The van der Waals surface area contributed by atoms with Gasteiger partial charge in [-0.05, 0) is 31.9 Å². The molecule has 0 aliphatic rings. The van der Waals surface area contributed by atoms with Crippen molar-refractivity contribution in [2.45, 2.75) is 39.3 Å². The molecule has 0 spiro atoms. The van der Waals surface area contributed by atoms with Crippen LogP contribution in [0.5, 0.6) is 11.5 Å². The third kappa shape index (κ3) is 3.57. The molecule has 2 rings (SSSR count). The van der Waals surface area contributed by atoms with Crippen LogP contribution in [0.2, 0.25) is 0 Å². The van der Waals surface area contributed by atoms with E-state index in [2.05, 4.69) is 12.0 Å². The summed E-state index contributed by atoms with van der Waals surface area (Å²) in [6, 6.07) is 4.67. The lowest BCUT2D eigenvalue weighted by molar-refractivity contribution is 0.462. The fourth-order valence-corrected chi connectivity index (χ4v) is 2.03. The molecular weight excluding hydrogens is 257 g/mol. The van der Waals surface area contributed by atoms with E-state index in [1.165, 1.54) is 6.07 Å². The van der Waals surface area contributed by atoms with Crippen molar-refractivity contribution < 1.29 is 9.13 Å². The Balaban J connectivity index is 2.21. The van der Waals surface area contributed by atoms with Gasteiger partial charge in [0.25, 0.3) is 0 Å². The van der Waals surface area contributed by atoms with Gasteiger partial charge in [-0.15, -0.1) is 0 Å². The van der Waals surface area contributed by atoms with Gasteiger partial charge in [0, 0.05) is 18.2 Å². The van der Waals surface area contributed by atoms with E-state index < -0.39 is 0 Å². The summed E-state index contributed by atoms with van der Waals surface area (Å²) in [6.45, 7) is 4.75. The normalized spacial score (nSPS) is 12.4. The summed E-state index contributed by atoms with van der Waals surface area (Å²) in [5.41, 5.74) is 6.27. The van der Waals surface area contributed by atoms with Crippen LogP contribution in [0.15, 0.2) is 30.6 Å². The summed E-state index contributed by atoms with van der Waals surface area (Å²) in [7, 11) is 0. The van der Waals surface area contributed by atoms with Crippen LogP contribution < -0.4 is 10.5 Å². The van der Waals surface area contributed by atoms with Crippen molar-refractivity contribution in [1.29, 1.82) is 0 Å². The maximum absolute atomic E-state index is 13.9. The average Bonchev–Trinajstić information content (AvgIpc) is 2.81. The van der Waals surface area contributed by atoms with Crippen molar-refractivity contribution in [3.05, 3.63) is 42.0 Å². The molecule has 0 fully saturated rings. The Morgan fingerprint density at radius 2 is 2.25 bits per heavy atom. The van der Waals surface area contributed by atoms with E-state index in [1.807, 2.05) is 13.1 Å². The molecule has 108 valence electrons. The second-order valence-corrected chi connectivity index (χ2v) is 4.94. The molecule has 5 heteroatoms. The Labute approximate surface area is 118 Å². The number of hydrogen-bond donors (Lipinski definition) is 1. The molecule has 1 unspecified atom stereocenters. The third-order valence-electron chi connectivity index (χ3n) is 2.89. The average molecular weight is 277 g/mol. The zero-order chi connectivity index (χ0) is 14.5. The summed E-state index contributed by atoms with van der Waals surface area (Å²) in [5, 5.41) is 4.19. The molecule has 2 aromatic rings. The first-order valence-corrected chi connectivity index (χ1v) is 6.83. The Morgan fingerprint density at radius 3 is 2.95 bits per heavy atom. The Hall–Kier alpha value is -1.88. The van der Waals surface area contributed by atoms with Crippen molar-refractivity contribution in [3.63, 3.8) is 0 Å². The van der Waals surface area contributed by atoms with Crippen LogP contribution in [0.1, 0.15) is 25.8 Å². The lowest BCUT2D eigenvalue weighted by atomic mass is 10.1. The number of nitrogens with two attached hydrogens (primary N) is 1. The highest BCUT2D eigenvalue weighted by Gasteiger charge is 2.13. The van der Waals surface area contributed by atoms with Gasteiger partial charge in [-0.2, -0.15) is 5.10 Å². The van der Waals surface area contributed by atoms with E-state index in [0.29, 0.717) is 23.5 Å². The second kappa shape index (κ2) is 6.52. The molecule has 0 aliphatic heterocycles. The summed E-state index contributed by atoms with van der Waals surface area (Å²) >= 11 is 0. The first-order valence-electron chi connectivity index (χ1n) is 6.83. The topological polar surface area (TPSA) is 53.1 Å². The highest BCUT2D eigenvalue weighted by atomic mass is 19.1. The second-order valence-electron chi connectivity index (χ2n) is 4.94. The first kappa shape index (κ1) is 14.5. The van der Waals surface area contributed by atoms with Gasteiger partial charge in [-0.25, -0.2) is 4.39 Å². The van der Waals surface area contributed by atoms with E-state index in [1.54, 1.807) is 23.0 Å². The molecule has 20 heavy (non-hydrogen) atoms. The van der Waals surface area contributed by atoms with Gasteiger partial charge >= 0.3 is 0 Å². The fourth-order valence-electron chi connectivity index (χ4n) is 2.03. The minimum absolute atomic E-state index is 0.128. The molecule has 1 atom stereocenters. The standard InChI is InChI=1S/C15H20FN3O/c1-3-7-19-10-12(9-18-19)20-15-6-4-5-14(16)13(15)8-11(2)17/h4-6,9-11H,3,7-8,17H2,1-2H3. The van der Waals surface area contributed by atoms with Gasteiger partial charge in [0.15, 0.2) is 5.75 Å². The monoisotopic (exact) mass is 277 g/mol. The maximum atomic E-state index is 13.9. The van der Waals surface area contributed by atoms with Crippen molar-refractivity contribution in [1.82, 2.24) is 9.78 Å². The summed E-state index contributed by atoms with van der Waals surface area (Å²) in [4.78, 5) is 0. The Morgan fingerprint density at radius 1 is 1.45 bits per heavy atom. The molecule has 0 saturated carbocycles. The van der Waals surface area contributed by atoms with Gasteiger partial charge in [0.2, 0.25) is 0 Å². The molecule has 0 bridgehead atoms. The van der Waals surface area contributed by atoms with E-state index in [9.17, 15) is 4.39 Å². The molecule has 1 aromatic heterocycles. The molecule has 1 heterocycles. The minimum atomic E-state index is -0.291. The number of aromatic nitrogens is 2. The quantitative estimate of drug-likeness (QED) is 0.882. The number of hydrogen-bond acceptors (Lipinski definition) is 3. The summed E-state index contributed by atoms with van der Waals surface area (Å²) in [5.74, 6) is 0.814. The van der Waals surface area contributed by atoms with Crippen molar-refractivity contribution in [2.75, 3.05) is 0 Å². The van der Waals surface area contributed by atoms with E-state index in [-0.39, 0.29) is 11.9 Å². The smallest absolute Gasteiger partial charge is 0.165 e. The number of halogens is 1. The van der Waals surface area contributed by atoms with Crippen LogP contribution in [-0.2, 0) is 13.0 Å². The zero-order valence-electron chi connectivity index (χ0n) is 11.8. The van der Waals surface area contributed by atoms with Crippen molar-refractivity contribution in [2.24, 2.45) is 5.73 Å². The SMILES string of the molecule is CCCn1cc(Oc2cccc(F)c2CC(C)N)cn1. The van der Waals surface area contributed by atoms with Gasteiger partial charge in [0.05, 0.1) is 12.4 Å². The molecule has 2 N–H and O–H groups in total. The first-order chi connectivity index (χ1) is 9.60. The van der Waals surface area contributed by atoms with Gasteiger partial charge in [-0.3, -0.25) is 4.68 Å². The minimum Gasteiger partial charge on any atom is -0.454 e. The van der Waals surface area contributed by atoms with E-state index in [0.717, 1.165) is 13.0 Å². The molecule has 1 aromatic carbocycles. The number of nitrogens with zero attached hydrogens (tertiary/aromatic N) is 2. The molecular formula is C15H20FN3O. The van der Waals surface area contributed by atoms with Gasteiger partial charge in [-0.1, -0.05) is 13.0 Å². The van der Waals surface area contributed by atoms with Crippen molar-refractivity contribution >= 4 is 0 Å². The van der Waals surface area contributed by atoms with Crippen LogP contribution in [-0.4, -0.2) is 15.8 Å². The third-order valence-corrected chi connectivity index (χ3v) is 2.89. The van der Waals surface area contributed by atoms with Gasteiger partial charge < -0.3 is 10.5 Å². The largest absolute Gasteiger partial charge is 0.454 e. The molecule has 0 amide bonds. The lowest BCUT2D eigenvalue weighted by Crippen LogP contribution is -2.19. The molecule has 0 aliphatic carbocycles. The number of ether oxygens (including phenoxy) is 1. The van der Waals surface area contributed by atoms with Crippen LogP contribution in [0, 0.1) is 5.82 Å². The van der Waals surface area contributed by atoms with Crippen LogP contribution in [0.25, 0.3) is 0 Å². The Kier molecular flexibility index (Phi) is 4.74. The van der Waals surface area contributed by atoms with Crippen LogP contribution in [0.3, 0.4) is 0 Å². The number of rotatable bonds is 6. The van der Waals surface area contributed by atoms with E-state index in [4.69, 9.17) is 10.5 Å². The molecule has 0 saturated heterocycles. The number of benzene rings is 1. The van der Waals surface area contributed by atoms with E-state index >= 15 is 0 Å². The molecule has 4 nitrogen and oxygen atoms in total. The lowest BCUT2D eigenvalue weighted by Gasteiger charge is -2.12. The van der Waals surface area contributed by atoms with Crippen LogP contribution >= 0.6 is 0 Å². The van der Waals surface area contributed by atoms with Crippen molar-refractivity contribution in [3.8, 4) is 11.5 Å². The highest BCUT2D eigenvalue weighted by Crippen LogP contribution is 2.27. The summed E-state index contributed by atoms with van der Waals surface area (Å²) in [6.07, 6.45) is 4.88. The van der Waals surface area contributed by atoms with Gasteiger partial charge in [0.1, 0.15) is 11.6 Å². The summed E-state index contributed by atoms with van der Waals surface area (Å²) < 4.78 is 21.4.